The van der Waals surface area contributed by atoms with Crippen LogP contribution < -0.4 is 0 Å². The predicted octanol–water partition coefficient (Wildman–Crippen LogP) is 16.0. The molecule has 0 aromatic rings. The Bertz CT molecular complexity index is 1010. The van der Waals surface area contributed by atoms with Gasteiger partial charge in [-0.1, -0.05) is 220 Å². The molecule has 7 heteroatoms. The summed E-state index contributed by atoms with van der Waals surface area (Å²) in [5.41, 5.74) is 0.387. The van der Waals surface area contributed by atoms with Crippen molar-refractivity contribution in [2.75, 3.05) is 52.5 Å². The highest BCUT2D eigenvalue weighted by molar-refractivity contribution is 5.73. The van der Waals surface area contributed by atoms with Gasteiger partial charge in [0.1, 0.15) is 13.2 Å². The van der Waals surface area contributed by atoms with Crippen molar-refractivity contribution in [3.8, 4) is 0 Å². The summed E-state index contributed by atoms with van der Waals surface area (Å²) in [6, 6.07) is -0.0936. The van der Waals surface area contributed by atoms with Gasteiger partial charge in [-0.2, -0.15) is 0 Å². The molecule has 0 bridgehead atoms. The second-order valence-corrected chi connectivity index (χ2v) is 21.5. The number of aliphatic hydroxyl groups excluding tert-OH is 1. The van der Waals surface area contributed by atoms with Gasteiger partial charge in [-0.05, 0) is 102 Å². The van der Waals surface area contributed by atoms with Gasteiger partial charge in [0.05, 0.1) is 17.9 Å². The molecule has 1 N–H and O–H groups in total. The highest BCUT2D eigenvalue weighted by atomic mass is 16.5. The van der Waals surface area contributed by atoms with E-state index in [4.69, 9.17) is 9.47 Å². The van der Waals surface area contributed by atoms with Crippen LogP contribution in [0.5, 0.6) is 0 Å². The minimum Gasteiger partial charge on any atom is -0.464 e. The average Bonchev–Trinajstić information content (AvgIpc) is 3.32. The summed E-state index contributed by atoms with van der Waals surface area (Å²) in [7, 11) is 0. The molecule has 65 heavy (non-hydrogen) atoms. The molecule has 2 aliphatic rings. The number of aliphatic hydroxyl groups is 1. The molecule has 0 radical (unpaired) electrons. The molecule has 2 aliphatic heterocycles. The maximum absolute atomic E-state index is 14.1. The molecule has 2 atom stereocenters. The Kier molecular flexibility index (Phi) is 38.5. The Labute approximate surface area is 404 Å². The Morgan fingerprint density at radius 2 is 0.738 bits per heavy atom. The lowest BCUT2D eigenvalue weighted by Crippen LogP contribution is -2.52. The number of rotatable bonds is 45. The first kappa shape index (κ1) is 59.9. The summed E-state index contributed by atoms with van der Waals surface area (Å²) in [4.78, 5) is 33.2. The summed E-state index contributed by atoms with van der Waals surface area (Å²) >= 11 is 0. The normalized spacial score (nSPS) is 17.1. The van der Waals surface area contributed by atoms with E-state index in [1.54, 1.807) is 0 Å². The van der Waals surface area contributed by atoms with Crippen LogP contribution in [0.2, 0.25) is 0 Å². The molecule has 2 rings (SSSR count). The Morgan fingerprint density at radius 1 is 0.431 bits per heavy atom. The number of esters is 2. The fourth-order valence-corrected chi connectivity index (χ4v) is 10.9. The number of ether oxygens (including phenoxy) is 2. The summed E-state index contributed by atoms with van der Waals surface area (Å²) in [6.45, 7) is 15.4. The van der Waals surface area contributed by atoms with Gasteiger partial charge >= 0.3 is 11.9 Å². The van der Waals surface area contributed by atoms with Crippen LogP contribution in [0.25, 0.3) is 0 Å². The van der Waals surface area contributed by atoms with Crippen molar-refractivity contribution < 1.29 is 24.2 Å². The van der Waals surface area contributed by atoms with Crippen LogP contribution in [0.15, 0.2) is 0 Å². The molecule has 2 saturated heterocycles. The second-order valence-electron chi connectivity index (χ2n) is 21.5. The van der Waals surface area contributed by atoms with E-state index in [0.29, 0.717) is 18.6 Å². The molecule has 0 aromatic carbocycles. The third-order valence-electron chi connectivity index (χ3n) is 15.8. The van der Waals surface area contributed by atoms with Gasteiger partial charge in [-0.3, -0.25) is 14.5 Å². The average molecular weight is 918 g/mol. The zero-order valence-electron chi connectivity index (χ0n) is 44.1. The van der Waals surface area contributed by atoms with Gasteiger partial charge in [0.15, 0.2) is 0 Å². The zero-order chi connectivity index (χ0) is 46.9. The standard InChI is InChI=1S/C58H112N2O5/c1-5-9-13-17-19-21-23-25-29-33-39-53(37-31-27-15-11-7-3)56(62)64-51-55(60-48-43-58(44-49-60)41-46-59(47-42-58)45-35-36-50-61)52-65-57(63)54(38-32-28-16-12-8-4)40-34-30-26-24-22-20-18-14-10-6-2/h53-55,61H,5-52H2,1-4H3. The summed E-state index contributed by atoms with van der Waals surface area (Å²) < 4.78 is 12.8. The fraction of sp³-hybridized carbons (Fsp3) is 0.966. The summed E-state index contributed by atoms with van der Waals surface area (Å²) in [5.74, 6) is -0.0835. The smallest absolute Gasteiger partial charge is 0.308 e. The van der Waals surface area contributed by atoms with Gasteiger partial charge in [0, 0.05) is 6.61 Å². The van der Waals surface area contributed by atoms with Crippen molar-refractivity contribution in [1.82, 2.24) is 9.80 Å². The molecule has 7 nitrogen and oxygen atoms in total. The van der Waals surface area contributed by atoms with Crippen LogP contribution in [0.3, 0.4) is 0 Å². The molecule has 384 valence electrons. The van der Waals surface area contributed by atoms with E-state index in [9.17, 15) is 14.7 Å². The van der Waals surface area contributed by atoms with Gasteiger partial charge < -0.3 is 19.5 Å². The van der Waals surface area contributed by atoms with Crippen LogP contribution >= 0.6 is 0 Å². The number of unbranched alkanes of at least 4 members (excludes halogenated alkanes) is 27. The maximum Gasteiger partial charge on any atom is 0.308 e. The SMILES string of the molecule is CCCCCCCCCCCCC(CCCCCCC)C(=O)OCC(COC(=O)C(CCCCCCC)CCCCCCCCCCCC)N1CCC2(CCN(CCCCO)CC2)CC1. The van der Waals surface area contributed by atoms with E-state index >= 15 is 0 Å². The molecule has 2 unspecified atom stereocenters. The van der Waals surface area contributed by atoms with Crippen molar-refractivity contribution in [2.24, 2.45) is 17.3 Å². The van der Waals surface area contributed by atoms with E-state index in [1.165, 1.54) is 180 Å². The number of carbonyl (C=O) groups is 2. The lowest BCUT2D eigenvalue weighted by Gasteiger charge is -2.48. The number of nitrogens with zero attached hydrogens (tertiary/aromatic N) is 2. The Balaban J connectivity index is 2.06. The quantitative estimate of drug-likeness (QED) is 0.0481. The van der Waals surface area contributed by atoms with Crippen molar-refractivity contribution >= 4 is 11.9 Å². The fourth-order valence-electron chi connectivity index (χ4n) is 10.9. The van der Waals surface area contributed by atoms with Gasteiger partial charge in [0.2, 0.25) is 0 Å². The van der Waals surface area contributed by atoms with Crippen molar-refractivity contribution in [3.63, 3.8) is 0 Å². The van der Waals surface area contributed by atoms with E-state index < -0.39 is 0 Å². The van der Waals surface area contributed by atoms with Crippen LogP contribution in [0.4, 0.5) is 0 Å². The minimum atomic E-state index is -0.0936. The zero-order valence-corrected chi connectivity index (χ0v) is 44.1. The van der Waals surface area contributed by atoms with Crippen LogP contribution in [0, 0.1) is 17.3 Å². The van der Waals surface area contributed by atoms with Crippen molar-refractivity contribution in [3.05, 3.63) is 0 Å². The molecule has 0 amide bonds. The molecule has 2 heterocycles. The Morgan fingerprint density at radius 3 is 1.06 bits per heavy atom. The highest BCUT2D eigenvalue weighted by Crippen LogP contribution is 2.42. The first-order chi connectivity index (χ1) is 31.9. The molecule has 1 spiro atoms. The molecule has 0 saturated carbocycles. The van der Waals surface area contributed by atoms with Crippen molar-refractivity contribution in [2.45, 2.75) is 291 Å². The van der Waals surface area contributed by atoms with E-state index in [-0.39, 0.29) is 36.4 Å². The maximum atomic E-state index is 14.1. The largest absolute Gasteiger partial charge is 0.464 e. The molecule has 0 aliphatic carbocycles. The third-order valence-corrected chi connectivity index (χ3v) is 15.8. The molecular formula is C58H112N2O5. The first-order valence-corrected chi connectivity index (χ1v) is 29.3. The van der Waals surface area contributed by atoms with Crippen LogP contribution in [-0.4, -0.2) is 85.4 Å². The van der Waals surface area contributed by atoms with Crippen LogP contribution in [-0.2, 0) is 19.1 Å². The van der Waals surface area contributed by atoms with Gasteiger partial charge in [-0.25, -0.2) is 0 Å². The van der Waals surface area contributed by atoms with E-state index in [1.807, 2.05) is 0 Å². The molecule has 0 aromatic heterocycles. The number of carbonyl (C=O) groups excluding carboxylic acids is 2. The summed E-state index contributed by atoms with van der Waals surface area (Å²) in [5, 5.41) is 9.28. The lowest BCUT2D eigenvalue weighted by atomic mass is 9.71. The molecular weight excluding hydrogens is 805 g/mol. The minimum absolute atomic E-state index is 0.0132. The number of hydrogen-bond donors (Lipinski definition) is 1. The Hall–Kier alpha value is -1.18. The number of likely N-dealkylation sites (tertiary alicyclic amines) is 2. The highest BCUT2D eigenvalue weighted by Gasteiger charge is 2.39. The topological polar surface area (TPSA) is 79.3 Å². The first-order valence-electron chi connectivity index (χ1n) is 29.3. The molecule has 2 fully saturated rings. The van der Waals surface area contributed by atoms with Crippen LogP contribution in [0.1, 0.15) is 285 Å². The number of hydrogen-bond acceptors (Lipinski definition) is 7. The van der Waals surface area contributed by atoms with Gasteiger partial charge in [0.25, 0.3) is 0 Å². The number of piperidine rings is 2. The van der Waals surface area contributed by atoms with E-state index in [2.05, 4.69) is 37.5 Å². The predicted molar refractivity (Wildman–Crippen MR) is 278 cm³/mol. The van der Waals surface area contributed by atoms with Gasteiger partial charge in [-0.15, -0.1) is 0 Å². The van der Waals surface area contributed by atoms with E-state index in [0.717, 1.165) is 110 Å². The van der Waals surface area contributed by atoms with Crippen molar-refractivity contribution in [1.29, 1.82) is 0 Å². The third kappa shape index (κ3) is 30.1. The second kappa shape index (κ2) is 41.8. The monoisotopic (exact) mass is 917 g/mol. The summed E-state index contributed by atoms with van der Waals surface area (Å²) in [6.07, 6.45) is 48.7. The lowest BCUT2D eigenvalue weighted by molar-refractivity contribution is -0.156.